The van der Waals surface area contributed by atoms with Crippen molar-refractivity contribution < 1.29 is 32.7 Å². The van der Waals surface area contributed by atoms with E-state index in [1.54, 1.807) is 6.07 Å². The number of nitro benzene ring substituents is 1. The minimum Gasteiger partial charge on any atom is -0.497 e. The summed E-state index contributed by atoms with van der Waals surface area (Å²) in [6, 6.07) is 10.1. The molecule has 0 radical (unpaired) electrons. The van der Waals surface area contributed by atoms with Crippen LogP contribution < -0.4 is 4.74 Å². The van der Waals surface area contributed by atoms with Gasteiger partial charge in [0.1, 0.15) is 5.75 Å². The fraction of sp³-hybridized carbons (Fsp3) is 0.222. The number of non-ortho nitro benzene ring substituents is 1. The van der Waals surface area contributed by atoms with E-state index in [0.29, 0.717) is 5.75 Å². The van der Waals surface area contributed by atoms with E-state index in [4.69, 9.17) is 4.74 Å². The average molecular weight is 409 g/mol. The maximum Gasteiger partial charge on any atom is 0.438 e. The SMILES string of the molecule is COc1cccc(C2=NN(C(=O)c3cccc([N+](=O)[O-])c3)[C@](O)(C(F)(F)F)C2)c1. The number of hydrazone groups is 1. The number of nitrogens with zero attached hydrogens (tertiary/aromatic N) is 3. The normalized spacial score (nSPS) is 19.1. The zero-order chi connectivity index (χ0) is 21.4. The molecule has 3 rings (SSSR count). The number of benzene rings is 2. The molecule has 0 spiro atoms. The number of amides is 1. The molecule has 1 aliphatic heterocycles. The van der Waals surface area contributed by atoms with Gasteiger partial charge in [0, 0.05) is 23.3 Å². The highest BCUT2D eigenvalue weighted by atomic mass is 19.4. The fourth-order valence-electron chi connectivity index (χ4n) is 2.82. The van der Waals surface area contributed by atoms with Crippen LogP contribution >= 0.6 is 0 Å². The van der Waals surface area contributed by atoms with Crippen LogP contribution in [0.1, 0.15) is 22.3 Å². The lowest BCUT2D eigenvalue weighted by molar-refractivity contribution is -0.384. The maximum atomic E-state index is 13.7. The first-order valence-electron chi connectivity index (χ1n) is 8.17. The van der Waals surface area contributed by atoms with Crippen molar-refractivity contribution in [3.05, 3.63) is 69.8 Å². The van der Waals surface area contributed by atoms with Gasteiger partial charge in [0.15, 0.2) is 0 Å². The van der Waals surface area contributed by atoms with E-state index in [2.05, 4.69) is 5.10 Å². The number of aliphatic hydroxyl groups is 1. The van der Waals surface area contributed by atoms with Crippen LogP contribution in [0.3, 0.4) is 0 Å². The number of carbonyl (C=O) groups excluding carboxylic acids is 1. The molecule has 1 amide bonds. The molecule has 0 unspecified atom stereocenters. The van der Waals surface area contributed by atoms with Gasteiger partial charge in [0.25, 0.3) is 17.3 Å². The lowest BCUT2D eigenvalue weighted by atomic mass is 10.0. The van der Waals surface area contributed by atoms with Gasteiger partial charge in [-0.2, -0.15) is 23.3 Å². The van der Waals surface area contributed by atoms with E-state index < -0.39 is 40.4 Å². The van der Waals surface area contributed by atoms with Crippen molar-refractivity contribution >= 4 is 17.3 Å². The van der Waals surface area contributed by atoms with Crippen LogP contribution in [0.25, 0.3) is 0 Å². The summed E-state index contributed by atoms with van der Waals surface area (Å²) in [5.74, 6) is -0.976. The first-order chi connectivity index (χ1) is 13.6. The summed E-state index contributed by atoms with van der Waals surface area (Å²) in [7, 11) is 1.37. The van der Waals surface area contributed by atoms with Crippen LogP contribution in [-0.2, 0) is 0 Å². The number of alkyl halides is 3. The Bertz CT molecular complexity index is 1010. The second-order valence-corrected chi connectivity index (χ2v) is 6.19. The molecule has 0 saturated heterocycles. The minimum absolute atomic E-state index is 0.0825. The Morgan fingerprint density at radius 3 is 2.59 bits per heavy atom. The molecule has 11 heteroatoms. The molecule has 2 aromatic carbocycles. The van der Waals surface area contributed by atoms with Crippen LogP contribution in [0.4, 0.5) is 18.9 Å². The molecule has 29 heavy (non-hydrogen) atoms. The Balaban J connectivity index is 2.07. The summed E-state index contributed by atoms with van der Waals surface area (Å²) >= 11 is 0. The Kier molecular flexibility index (Phi) is 5.01. The van der Waals surface area contributed by atoms with Crippen molar-refractivity contribution in [2.24, 2.45) is 5.10 Å². The molecular formula is C18H14F3N3O5. The van der Waals surface area contributed by atoms with Crippen LogP contribution in [0, 0.1) is 10.1 Å². The number of hydrogen-bond acceptors (Lipinski definition) is 6. The lowest BCUT2D eigenvalue weighted by Crippen LogP contribution is -2.56. The molecule has 152 valence electrons. The van der Waals surface area contributed by atoms with Gasteiger partial charge >= 0.3 is 6.18 Å². The van der Waals surface area contributed by atoms with Crippen molar-refractivity contribution in [3.8, 4) is 5.75 Å². The highest BCUT2D eigenvalue weighted by molar-refractivity contribution is 6.05. The molecular weight excluding hydrogens is 395 g/mol. The molecule has 0 saturated carbocycles. The molecule has 1 heterocycles. The number of ether oxygens (including phenoxy) is 1. The van der Waals surface area contributed by atoms with Crippen molar-refractivity contribution in [1.29, 1.82) is 0 Å². The van der Waals surface area contributed by atoms with E-state index in [0.717, 1.165) is 24.3 Å². The first-order valence-corrected chi connectivity index (χ1v) is 8.17. The predicted octanol–water partition coefficient (Wildman–Crippen LogP) is 3.10. The average Bonchev–Trinajstić information content (AvgIpc) is 3.06. The van der Waals surface area contributed by atoms with Crippen molar-refractivity contribution in [2.45, 2.75) is 18.3 Å². The van der Waals surface area contributed by atoms with Crippen LogP contribution in [0.2, 0.25) is 0 Å². The quantitative estimate of drug-likeness (QED) is 0.617. The van der Waals surface area contributed by atoms with Gasteiger partial charge in [0.2, 0.25) is 0 Å². The Morgan fingerprint density at radius 2 is 1.97 bits per heavy atom. The monoisotopic (exact) mass is 409 g/mol. The van der Waals surface area contributed by atoms with Gasteiger partial charge in [-0.15, -0.1) is 0 Å². The van der Waals surface area contributed by atoms with E-state index >= 15 is 0 Å². The summed E-state index contributed by atoms with van der Waals surface area (Å²) in [5.41, 5.74) is -4.48. The smallest absolute Gasteiger partial charge is 0.438 e. The third-order valence-corrected chi connectivity index (χ3v) is 4.34. The first kappa shape index (κ1) is 20.3. The number of carbonyl (C=O) groups is 1. The Hall–Kier alpha value is -3.47. The van der Waals surface area contributed by atoms with Gasteiger partial charge in [-0.05, 0) is 18.2 Å². The van der Waals surface area contributed by atoms with Gasteiger partial charge in [-0.25, -0.2) is 0 Å². The van der Waals surface area contributed by atoms with E-state index in [1.807, 2.05) is 0 Å². The minimum atomic E-state index is -5.23. The van der Waals surface area contributed by atoms with Crippen molar-refractivity contribution in [2.75, 3.05) is 7.11 Å². The van der Waals surface area contributed by atoms with Gasteiger partial charge in [-0.1, -0.05) is 18.2 Å². The topological polar surface area (TPSA) is 105 Å². The van der Waals surface area contributed by atoms with Crippen LogP contribution in [0.5, 0.6) is 5.75 Å². The molecule has 0 fully saturated rings. The third-order valence-electron chi connectivity index (χ3n) is 4.34. The van der Waals surface area contributed by atoms with E-state index in [1.165, 1.54) is 25.3 Å². The summed E-state index contributed by atoms with van der Waals surface area (Å²) < 4.78 is 46.0. The van der Waals surface area contributed by atoms with Gasteiger partial charge < -0.3 is 9.84 Å². The molecule has 0 aliphatic carbocycles. The number of halogens is 3. The van der Waals surface area contributed by atoms with Gasteiger partial charge in [-0.3, -0.25) is 14.9 Å². The fourth-order valence-corrected chi connectivity index (χ4v) is 2.82. The highest BCUT2D eigenvalue weighted by Crippen LogP contribution is 2.42. The highest BCUT2D eigenvalue weighted by Gasteiger charge is 2.63. The molecule has 0 aromatic heterocycles. The number of hydrogen-bond donors (Lipinski definition) is 1. The summed E-state index contributed by atoms with van der Waals surface area (Å²) in [6.45, 7) is 0. The second kappa shape index (κ2) is 7.17. The standard InChI is InChI=1S/C18H14F3N3O5/c1-29-14-7-3-4-11(9-14)15-10-17(26,18(19,20)21)23(22-15)16(25)12-5-2-6-13(8-12)24(27)28/h2-9,26H,10H2,1H3/t17-/m1/s1. The van der Waals surface area contributed by atoms with Gasteiger partial charge in [0.05, 0.1) is 24.2 Å². The number of rotatable bonds is 4. The predicted molar refractivity (Wildman–Crippen MR) is 94.4 cm³/mol. The maximum absolute atomic E-state index is 13.7. The zero-order valence-electron chi connectivity index (χ0n) is 14.9. The number of methoxy groups -OCH3 is 1. The molecule has 2 aromatic rings. The number of nitro groups is 1. The lowest BCUT2D eigenvalue weighted by Gasteiger charge is -2.32. The van der Waals surface area contributed by atoms with Crippen molar-refractivity contribution in [3.63, 3.8) is 0 Å². The Labute approximate surface area is 162 Å². The van der Waals surface area contributed by atoms with Crippen LogP contribution in [-0.4, -0.2) is 45.7 Å². The van der Waals surface area contributed by atoms with Crippen LogP contribution in [0.15, 0.2) is 53.6 Å². The molecule has 1 N–H and O–H groups in total. The Morgan fingerprint density at radius 1 is 1.28 bits per heavy atom. The molecule has 1 aliphatic rings. The van der Waals surface area contributed by atoms with E-state index in [-0.39, 0.29) is 16.3 Å². The summed E-state index contributed by atoms with van der Waals surface area (Å²) in [4.78, 5) is 22.8. The molecule has 0 bridgehead atoms. The zero-order valence-corrected chi connectivity index (χ0v) is 14.9. The third kappa shape index (κ3) is 3.63. The molecule has 1 atom stereocenters. The van der Waals surface area contributed by atoms with E-state index in [9.17, 15) is 33.2 Å². The summed E-state index contributed by atoms with van der Waals surface area (Å²) in [6.07, 6.45) is -6.24. The second-order valence-electron chi connectivity index (χ2n) is 6.19. The summed E-state index contributed by atoms with van der Waals surface area (Å²) in [5, 5.41) is 24.9. The largest absolute Gasteiger partial charge is 0.497 e. The molecule has 8 nitrogen and oxygen atoms in total. The van der Waals surface area contributed by atoms with Crippen molar-refractivity contribution in [1.82, 2.24) is 5.01 Å².